The fourth-order valence-corrected chi connectivity index (χ4v) is 4.78. The first-order valence-electron chi connectivity index (χ1n) is 9.53. The third-order valence-corrected chi connectivity index (χ3v) is 6.43. The Bertz CT molecular complexity index is 1380. The number of aromatic nitrogens is 1. The Balaban J connectivity index is 1.69. The van der Waals surface area contributed by atoms with Gasteiger partial charge in [0.25, 0.3) is 5.78 Å². The van der Waals surface area contributed by atoms with Gasteiger partial charge < -0.3 is 14.3 Å². The second kappa shape index (κ2) is 7.81. The highest BCUT2D eigenvalue weighted by Gasteiger charge is 2.49. The molecule has 9 heteroatoms. The average Bonchev–Trinajstić information content (AvgIpc) is 3.52. The molecule has 4 aromatic rings. The number of rotatable bonds is 4. The lowest BCUT2D eigenvalue weighted by Gasteiger charge is -2.20. The van der Waals surface area contributed by atoms with E-state index in [2.05, 4.69) is 4.98 Å². The van der Waals surface area contributed by atoms with Crippen molar-refractivity contribution in [1.29, 1.82) is 0 Å². The number of ketones is 1. The molecule has 7 nitrogen and oxygen atoms in total. The zero-order valence-electron chi connectivity index (χ0n) is 16.6. The van der Waals surface area contributed by atoms with Crippen molar-refractivity contribution in [2.24, 2.45) is 0 Å². The smallest absolute Gasteiger partial charge is 0.302 e. The summed E-state index contributed by atoms with van der Waals surface area (Å²) in [6.07, 6.45) is 1.45. The van der Waals surface area contributed by atoms with Crippen LogP contribution < -0.4 is 9.64 Å². The number of benzene rings is 2. The number of anilines is 1. The molecule has 0 bridgehead atoms. The van der Waals surface area contributed by atoms with Crippen molar-refractivity contribution in [2.45, 2.75) is 6.04 Å². The molecule has 5 rings (SSSR count). The van der Waals surface area contributed by atoms with Crippen LogP contribution in [0.4, 0.5) is 5.13 Å². The summed E-state index contributed by atoms with van der Waals surface area (Å²) in [5.41, 5.74) is 0.936. The normalized spacial score (nSPS) is 17.9. The molecule has 0 spiro atoms. The number of carbonyl (C=O) groups is 2. The summed E-state index contributed by atoms with van der Waals surface area (Å²) in [5.74, 6) is -0.952. The molecule has 1 saturated heterocycles. The third kappa shape index (κ3) is 3.24. The first-order chi connectivity index (χ1) is 15.5. The first kappa shape index (κ1) is 20.3. The molecule has 160 valence electrons. The molecule has 0 aliphatic carbocycles. The molecule has 1 N–H and O–H groups in total. The molecule has 1 aliphatic heterocycles. The maximum atomic E-state index is 13.1. The quantitative estimate of drug-likeness (QED) is 0.253. The number of ether oxygens (including phenoxy) is 1. The number of thiazole rings is 1. The van der Waals surface area contributed by atoms with Gasteiger partial charge in [-0.3, -0.25) is 14.5 Å². The predicted molar refractivity (Wildman–Crippen MR) is 121 cm³/mol. The van der Waals surface area contributed by atoms with Crippen molar-refractivity contribution in [2.75, 3.05) is 12.0 Å². The van der Waals surface area contributed by atoms with Crippen LogP contribution in [0, 0.1) is 0 Å². The van der Waals surface area contributed by atoms with E-state index in [0.29, 0.717) is 32.7 Å². The van der Waals surface area contributed by atoms with Crippen LogP contribution >= 0.6 is 22.9 Å². The molecule has 0 saturated carbocycles. The number of Topliss-reactive ketones (excluding diaryl/α,β-unsaturated/α-hetero) is 1. The summed E-state index contributed by atoms with van der Waals surface area (Å²) >= 11 is 7.18. The van der Waals surface area contributed by atoms with Crippen molar-refractivity contribution < 1.29 is 23.8 Å². The SMILES string of the molecule is COc1ccc2nc(N3C(=O)C(=O)/C(=C(/O)c4ccc(Cl)cc4)C3c3ccco3)sc2c1. The lowest BCUT2D eigenvalue weighted by molar-refractivity contribution is -0.132. The van der Waals surface area contributed by atoms with Gasteiger partial charge in [0.15, 0.2) is 5.13 Å². The number of halogens is 1. The minimum Gasteiger partial charge on any atom is -0.507 e. The summed E-state index contributed by atoms with van der Waals surface area (Å²) in [6.45, 7) is 0. The Morgan fingerprint density at radius 1 is 1.19 bits per heavy atom. The van der Waals surface area contributed by atoms with Gasteiger partial charge in [0, 0.05) is 10.6 Å². The fourth-order valence-electron chi connectivity index (χ4n) is 3.63. The Kier molecular flexibility index (Phi) is 4.96. The molecule has 2 aromatic carbocycles. The molecular formula is C23H15ClN2O5S. The van der Waals surface area contributed by atoms with Crippen LogP contribution in [-0.4, -0.2) is 28.9 Å². The van der Waals surface area contributed by atoms with Gasteiger partial charge in [-0.05, 0) is 54.6 Å². The van der Waals surface area contributed by atoms with E-state index >= 15 is 0 Å². The maximum absolute atomic E-state index is 13.1. The molecule has 1 atom stereocenters. The molecule has 2 aromatic heterocycles. The molecule has 1 aliphatic rings. The van der Waals surface area contributed by atoms with Crippen LogP contribution in [0.2, 0.25) is 5.02 Å². The van der Waals surface area contributed by atoms with Crippen molar-refractivity contribution in [3.63, 3.8) is 0 Å². The number of carbonyl (C=O) groups excluding carboxylic acids is 2. The zero-order valence-corrected chi connectivity index (χ0v) is 18.2. The number of methoxy groups -OCH3 is 1. The van der Waals surface area contributed by atoms with Crippen LogP contribution in [0.3, 0.4) is 0 Å². The summed E-state index contributed by atoms with van der Waals surface area (Å²) < 4.78 is 11.6. The number of hydrogen-bond donors (Lipinski definition) is 1. The lowest BCUT2D eigenvalue weighted by Crippen LogP contribution is -2.29. The molecule has 1 amide bonds. The number of nitrogens with zero attached hydrogens (tertiary/aromatic N) is 2. The van der Waals surface area contributed by atoms with E-state index in [9.17, 15) is 14.7 Å². The number of hydrogen-bond acceptors (Lipinski definition) is 7. The number of aliphatic hydroxyl groups excluding tert-OH is 1. The molecule has 3 heterocycles. The van der Waals surface area contributed by atoms with Gasteiger partial charge >= 0.3 is 5.91 Å². The van der Waals surface area contributed by atoms with Gasteiger partial charge in [-0.1, -0.05) is 22.9 Å². The highest BCUT2D eigenvalue weighted by atomic mass is 35.5. The number of aliphatic hydroxyl groups is 1. The van der Waals surface area contributed by atoms with Gasteiger partial charge in [0.05, 0.1) is 29.2 Å². The van der Waals surface area contributed by atoms with Crippen LogP contribution in [0.1, 0.15) is 17.4 Å². The molecule has 0 radical (unpaired) electrons. The van der Waals surface area contributed by atoms with E-state index in [1.807, 2.05) is 6.07 Å². The number of amides is 1. The Morgan fingerprint density at radius 2 is 1.97 bits per heavy atom. The van der Waals surface area contributed by atoms with Crippen LogP contribution in [0.25, 0.3) is 16.0 Å². The van der Waals surface area contributed by atoms with Gasteiger partial charge in [0.1, 0.15) is 23.3 Å². The van der Waals surface area contributed by atoms with Gasteiger partial charge in [0.2, 0.25) is 0 Å². The highest BCUT2D eigenvalue weighted by Crippen LogP contribution is 2.44. The predicted octanol–water partition coefficient (Wildman–Crippen LogP) is 5.18. The van der Waals surface area contributed by atoms with E-state index in [1.165, 1.54) is 22.5 Å². The average molecular weight is 467 g/mol. The van der Waals surface area contributed by atoms with E-state index in [-0.39, 0.29) is 11.3 Å². The van der Waals surface area contributed by atoms with Crippen LogP contribution in [0.5, 0.6) is 5.75 Å². The van der Waals surface area contributed by atoms with E-state index in [0.717, 1.165) is 4.70 Å². The molecule has 1 fully saturated rings. The highest BCUT2D eigenvalue weighted by molar-refractivity contribution is 7.22. The van der Waals surface area contributed by atoms with Crippen molar-refractivity contribution in [3.05, 3.63) is 82.8 Å². The van der Waals surface area contributed by atoms with E-state index < -0.39 is 17.7 Å². The second-order valence-electron chi connectivity index (χ2n) is 7.02. The Morgan fingerprint density at radius 3 is 2.66 bits per heavy atom. The van der Waals surface area contributed by atoms with E-state index in [4.69, 9.17) is 20.8 Å². The zero-order chi connectivity index (χ0) is 22.4. The van der Waals surface area contributed by atoms with Gasteiger partial charge in [-0.25, -0.2) is 4.98 Å². The monoisotopic (exact) mass is 466 g/mol. The molecular weight excluding hydrogens is 452 g/mol. The van der Waals surface area contributed by atoms with Crippen molar-refractivity contribution >= 4 is 55.7 Å². The first-order valence-corrected chi connectivity index (χ1v) is 10.7. The standard InChI is InChI=1S/C23H15ClN2O5S/c1-30-14-8-9-15-17(11-14)32-23(25-15)26-19(16-3-2-10-31-16)18(21(28)22(26)29)20(27)12-4-6-13(24)7-5-12/h2-11,19,27H,1H3/b20-18+. The van der Waals surface area contributed by atoms with Crippen molar-refractivity contribution in [1.82, 2.24) is 4.98 Å². The Labute approximate surface area is 191 Å². The lowest BCUT2D eigenvalue weighted by atomic mass is 9.99. The van der Waals surface area contributed by atoms with Crippen LogP contribution in [-0.2, 0) is 9.59 Å². The minimum atomic E-state index is -0.969. The fraction of sp³-hybridized carbons (Fsp3) is 0.0870. The van der Waals surface area contributed by atoms with E-state index in [1.54, 1.807) is 55.6 Å². The summed E-state index contributed by atoms with van der Waals surface area (Å²) in [4.78, 5) is 32.0. The second-order valence-corrected chi connectivity index (χ2v) is 8.47. The summed E-state index contributed by atoms with van der Waals surface area (Å²) in [7, 11) is 1.56. The molecule has 32 heavy (non-hydrogen) atoms. The third-order valence-electron chi connectivity index (χ3n) is 5.17. The maximum Gasteiger partial charge on any atom is 0.302 e. The van der Waals surface area contributed by atoms with Gasteiger partial charge in [-0.2, -0.15) is 0 Å². The summed E-state index contributed by atoms with van der Waals surface area (Å²) in [6, 6.07) is 14.0. The van der Waals surface area contributed by atoms with Crippen molar-refractivity contribution in [3.8, 4) is 5.75 Å². The Hall–Kier alpha value is -3.62. The van der Waals surface area contributed by atoms with Gasteiger partial charge in [-0.15, -0.1) is 0 Å². The number of fused-ring (bicyclic) bond motifs is 1. The minimum absolute atomic E-state index is 0.0795. The summed E-state index contributed by atoms with van der Waals surface area (Å²) in [5, 5.41) is 11.8. The van der Waals surface area contributed by atoms with Crippen LogP contribution in [0.15, 0.2) is 70.9 Å². The molecule has 1 unspecified atom stereocenters. The topological polar surface area (TPSA) is 92.9 Å². The number of furan rings is 1. The largest absolute Gasteiger partial charge is 0.507 e.